The second kappa shape index (κ2) is 4.21. The SMILES string of the molecule is CC(C)Cc1nc(N)nc(N(C)C)n1. The minimum atomic E-state index is 0.291. The van der Waals surface area contributed by atoms with Crippen molar-refractivity contribution < 1.29 is 0 Å². The molecule has 0 saturated heterocycles. The van der Waals surface area contributed by atoms with E-state index in [9.17, 15) is 0 Å². The van der Waals surface area contributed by atoms with Gasteiger partial charge in [0.25, 0.3) is 0 Å². The summed E-state index contributed by atoms with van der Waals surface area (Å²) < 4.78 is 0. The van der Waals surface area contributed by atoms with Gasteiger partial charge in [0.15, 0.2) is 0 Å². The lowest BCUT2D eigenvalue weighted by atomic mass is 10.1. The van der Waals surface area contributed by atoms with Crippen LogP contribution in [0, 0.1) is 5.92 Å². The lowest BCUT2D eigenvalue weighted by Crippen LogP contribution is -2.16. The first kappa shape index (κ1) is 10.7. The highest BCUT2D eigenvalue weighted by Crippen LogP contribution is 2.08. The summed E-state index contributed by atoms with van der Waals surface area (Å²) in [5.41, 5.74) is 5.58. The zero-order valence-corrected chi connectivity index (χ0v) is 9.15. The molecule has 0 aromatic carbocycles. The highest BCUT2D eigenvalue weighted by Gasteiger charge is 2.07. The van der Waals surface area contributed by atoms with Crippen molar-refractivity contribution in [3.63, 3.8) is 0 Å². The van der Waals surface area contributed by atoms with E-state index >= 15 is 0 Å². The third-order valence-corrected chi connectivity index (χ3v) is 1.68. The number of nitrogen functional groups attached to an aromatic ring is 1. The second-order valence-corrected chi connectivity index (χ2v) is 3.90. The van der Waals surface area contributed by atoms with Crippen LogP contribution < -0.4 is 10.6 Å². The molecule has 14 heavy (non-hydrogen) atoms. The largest absolute Gasteiger partial charge is 0.368 e. The van der Waals surface area contributed by atoms with Crippen LogP contribution in [0.2, 0.25) is 0 Å². The normalized spacial score (nSPS) is 10.6. The molecule has 5 nitrogen and oxygen atoms in total. The molecule has 0 radical (unpaired) electrons. The molecule has 0 aliphatic rings. The van der Waals surface area contributed by atoms with E-state index in [0.717, 1.165) is 12.2 Å². The summed E-state index contributed by atoms with van der Waals surface area (Å²) in [7, 11) is 3.77. The molecule has 5 heteroatoms. The van der Waals surface area contributed by atoms with Crippen molar-refractivity contribution in [3.8, 4) is 0 Å². The fraction of sp³-hybridized carbons (Fsp3) is 0.667. The Labute approximate surface area is 84.4 Å². The Morgan fingerprint density at radius 2 is 1.86 bits per heavy atom. The third kappa shape index (κ3) is 2.83. The van der Waals surface area contributed by atoms with E-state index in [4.69, 9.17) is 5.73 Å². The van der Waals surface area contributed by atoms with Crippen LogP contribution in [0.5, 0.6) is 0 Å². The first-order chi connectivity index (χ1) is 6.49. The van der Waals surface area contributed by atoms with Crippen LogP contribution in [0.15, 0.2) is 0 Å². The van der Waals surface area contributed by atoms with Gasteiger partial charge < -0.3 is 10.6 Å². The average molecular weight is 195 g/mol. The molecule has 1 rings (SSSR count). The van der Waals surface area contributed by atoms with Crippen molar-refractivity contribution in [2.45, 2.75) is 20.3 Å². The molecule has 1 heterocycles. The summed E-state index contributed by atoms with van der Waals surface area (Å²) in [5.74, 6) is 2.19. The number of rotatable bonds is 3. The van der Waals surface area contributed by atoms with E-state index < -0.39 is 0 Å². The maximum Gasteiger partial charge on any atom is 0.229 e. The summed E-state index contributed by atoms with van der Waals surface area (Å²) in [6, 6.07) is 0. The van der Waals surface area contributed by atoms with Crippen LogP contribution in [0.1, 0.15) is 19.7 Å². The summed E-state index contributed by atoms with van der Waals surface area (Å²) in [6.07, 6.45) is 0.827. The minimum absolute atomic E-state index is 0.291. The van der Waals surface area contributed by atoms with Gasteiger partial charge in [0, 0.05) is 20.5 Å². The first-order valence-corrected chi connectivity index (χ1v) is 4.66. The molecule has 2 N–H and O–H groups in total. The van der Waals surface area contributed by atoms with Gasteiger partial charge in [0.1, 0.15) is 5.82 Å². The average Bonchev–Trinajstić information content (AvgIpc) is 2.01. The monoisotopic (exact) mass is 195 g/mol. The zero-order chi connectivity index (χ0) is 10.7. The van der Waals surface area contributed by atoms with Gasteiger partial charge in [0.05, 0.1) is 0 Å². The molecule has 0 saturated carbocycles. The van der Waals surface area contributed by atoms with Gasteiger partial charge in [-0.25, -0.2) is 0 Å². The predicted octanol–water partition coefficient (Wildman–Crippen LogP) is 0.718. The molecule has 0 atom stereocenters. The summed E-state index contributed by atoms with van der Waals surface area (Å²) >= 11 is 0. The molecule has 0 unspecified atom stereocenters. The molecular formula is C9H17N5. The van der Waals surface area contributed by atoms with E-state index in [-0.39, 0.29) is 0 Å². The van der Waals surface area contributed by atoms with Gasteiger partial charge in [-0.3, -0.25) is 0 Å². The Kier molecular flexibility index (Phi) is 3.22. The van der Waals surface area contributed by atoms with Crippen molar-refractivity contribution in [1.29, 1.82) is 0 Å². The lowest BCUT2D eigenvalue weighted by Gasteiger charge is -2.11. The van der Waals surface area contributed by atoms with Gasteiger partial charge in [0.2, 0.25) is 11.9 Å². The number of hydrogen-bond donors (Lipinski definition) is 1. The quantitative estimate of drug-likeness (QED) is 0.769. The third-order valence-electron chi connectivity index (χ3n) is 1.68. The van der Waals surface area contributed by atoms with Crippen molar-refractivity contribution in [2.75, 3.05) is 24.7 Å². The molecule has 78 valence electrons. The first-order valence-electron chi connectivity index (χ1n) is 4.66. The minimum Gasteiger partial charge on any atom is -0.368 e. The fourth-order valence-electron chi connectivity index (χ4n) is 1.08. The van der Waals surface area contributed by atoms with Crippen LogP contribution in [0.3, 0.4) is 0 Å². The Hall–Kier alpha value is -1.39. The van der Waals surface area contributed by atoms with E-state index in [0.29, 0.717) is 17.8 Å². The number of aromatic nitrogens is 3. The molecule has 0 fully saturated rings. The summed E-state index contributed by atoms with van der Waals surface area (Å²) in [6.45, 7) is 4.24. The maximum atomic E-state index is 5.58. The van der Waals surface area contributed by atoms with Crippen molar-refractivity contribution in [1.82, 2.24) is 15.0 Å². The number of nitrogens with two attached hydrogens (primary N) is 1. The predicted molar refractivity (Wildman–Crippen MR) is 57.1 cm³/mol. The Balaban J connectivity index is 2.95. The van der Waals surface area contributed by atoms with Crippen molar-refractivity contribution in [3.05, 3.63) is 5.82 Å². The van der Waals surface area contributed by atoms with E-state index in [2.05, 4.69) is 28.8 Å². The smallest absolute Gasteiger partial charge is 0.229 e. The second-order valence-electron chi connectivity index (χ2n) is 3.90. The van der Waals surface area contributed by atoms with Gasteiger partial charge in [-0.05, 0) is 5.92 Å². The van der Waals surface area contributed by atoms with Gasteiger partial charge in [-0.1, -0.05) is 13.8 Å². The Morgan fingerprint density at radius 1 is 1.21 bits per heavy atom. The van der Waals surface area contributed by atoms with Crippen LogP contribution in [-0.2, 0) is 6.42 Å². The van der Waals surface area contributed by atoms with Gasteiger partial charge in [-0.15, -0.1) is 0 Å². The number of hydrogen-bond acceptors (Lipinski definition) is 5. The molecule has 0 spiro atoms. The van der Waals surface area contributed by atoms with Crippen molar-refractivity contribution in [2.24, 2.45) is 5.92 Å². The van der Waals surface area contributed by atoms with Crippen LogP contribution in [0.4, 0.5) is 11.9 Å². The molecule has 0 bridgehead atoms. The molecular weight excluding hydrogens is 178 g/mol. The highest BCUT2D eigenvalue weighted by atomic mass is 15.3. The fourth-order valence-corrected chi connectivity index (χ4v) is 1.08. The van der Waals surface area contributed by atoms with Gasteiger partial charge >= 0.3 is 0 Å². The lowest BCUT2D eigenvalue weighted by molar-refractivity contribution is 0.618. The van der Waals surface area contributed by atoms with Crippen molar-refractivity contribution >= 4 is 11.9 Å². The number of anilines is 2. The summed E-state index contributed by atoms with van der Waals surface area (Å²) in [4.78, 5) is 14.2. The van der Waals surface area contributed by atoms with Crippen LogP contribution >= 0.6 is 0 Å². The maximum absolute atomic E-state index is 5.58. The van der Waals surface area contributed by atoms with Gasteiger partial charge in [-0.2, -0.15) is 15.0 Å². The topological polar surface area (TPSA) is 67.9 Å². The van der Waals surface area contributed by atoms with E-state index in [1.54, 1.807) is 0 Å². The standard InChI is InChI=1S/C9H17N5/c1-6(2)5-7-11-8(10)13-9(12-7)14(3)4/h6H,5H2,1-4H3,(H2,10,11,12,13). The van der Waals surface area contributed by atoms with Crippen LogP contribution in [0.25, 0.3) is 0 Å². The molecule has 0 aliphatic carbocycles. The van der Waals surface area contributed by atoms with E-state index in [1.807, 2.05) is 19.0 Å². The summed E-state index contributed by atoms with van der Waals surface area (Å²) in [5, 5.41) is 0. The molecule has 0 amide bonds. The zero-order valence-electron chi connectivity index (χ0n) is 9.15. The molecule has 0 aliphatic heterocycles. The molecule has 1 aromatic heterocycles. The van der Waals surface area contributed by atoms with Crippen LogP contribution in [-0.4, -0.2) is 29.0 Å². The molecule has 1 aromatic rings. The number of nitrogens with zero attached hydrogens (tertiary/aromatic N) is 4. The highest BCUT2D eigenvalue weighted by molar-refractivity contribution is 5.32. The van der Waals surface area contributed by atoms with E-state index in [1.165, 1.54) is 0 Å². The Bertz CT molecular complexity index is 308. The Morgan fingerprint density at radius 3 is 2.36 bits per heavy atom.